The summed E-state index contributed by atoms with van der Waals surface area (Å²) >= 11 is 11.8. The maximum Gasteiger partial charge on any atom is 0.417 e. The molecule has 0 aromatic heterocycles. The van der Waals surface area contributed by atoms with Gasteiger partial charge in [-0.25, -0.2) is 0 Å². The molecule has 184 valence electrons. The normalized spacial score (nSPS) is 17.2. The SMILES string of the molecule is O=C(Nc1ccc(Cl)c(C(F)(F)F)c1)c1ccc(NC2=C(Cl)C(=O)N(C3CCCCC3)C2=O)cc1. The average molecular weight is 526 g/mol. The van der Waals surface area contributed by atoms with Crippen molar-refractivity contribution >= 4 is 52.3 Å². The summed E-state index contributed by atoms with van der Waals surface area (Å²) in [5, 5.41) is 4.59. The summed E-state index contributed by atoms with van der Waals surface area (Å²) in [5.41, 5.74) is -0.576. The first-order valence-electron chi connectivity index (χ1n) is 10.9. The molecule has 2 N–H and O–H groups in total. The molecule has 2 aliphatic rings. The molecule has 1 aliphatic heterocycles. The van der Waals surface area contributed by atoms with E-state index in [0.717, 1.165) is 44.2 Å². The van der Waals surface area contributed by atoms with Crippen LogP contribution >= 0.6 is 23.2 Å². The lowest BCUT2D eigenvalue weighted by Crippen LogP contribution is -2.42. The molecule has 0 radical (unpaired) electrons. The number of hydrogen-bond acceptors (Lipinski definition) is 4. The summed E-state index contributed by atoms with van der Waals surface area (Å²) in [5.74, 6) is -1.65. The van der Waals surface area contributed by atoms with Crippen molar-refractivity contribution in [1.82, 2.24) is 4.90 Å². The van der Waals surface area contributed by atoms with E-state index in [1.807, 2.05) is 0 Å². The van der Waals surface area contributed by atoms with Crippen LogP contribution in [0.3, 0.4) is 0 Å². The van der Waals surface area contributed by atoms with Gasteiger partial charge in [-0.05, 0) is 55.3 Å². The van der Waals surface area contributed by atoms with Crippen molar-refractivity contribution in [2.24, 2.45) is 0 Å². The zero-order valence-corrected chi connectivity index (χ0v) is 19.7. The van der Waals surface area contributed by atoms with Crippen LogP contribution in [0, 0.1) is 0 Å². The van der Waals surface area contributed by atoms with Crippen molar-refractivity contribution < 1.29 is 27.6 Å². The highest BCUT2D eigenvalue weighted by molar-refractivity contribution is 6.48. The van der Waals surface area contributed by atoms with Crippen molar-refractivity contribution in [1.29, 1.82) is 0 Å². The van der Waals surface area contributed by atoms with Gasteiger partial charge in [0, 0.05) is 23.0 Å². The van der Waals surface area contributed by atoms with E-state index in [-0.39, 0.29) is 28.0 Å². The van der Waals surface area contributed by atoms with Gasteiger partial charge in [0.2, 0.25) is 0 Å². The Morgan fingerprint density at radius 3 is 2.17 bits per heavy atom. The van der Waals surface area contributed by atoms with Crippen molar-refractivity contribution in [3.8, 4) is 0 Å². The Morgan fingerprint density at radius 1 is 0.914 bits per heavy atom. The second kappa shape index (κ2) is 9.91. The van der Waals surface area contributed by atoms with Crippen LogP contribution in [0.5, 0.6) is 0 Å². The number of rotatable bonds is 5. The molecular weight excluding hydrogens is 506 g/mol. The van der Waals surface area contributed by atoms with E-state index < -0.39 is 34.5 Å². The second-order valence-corrected chi connectivity index (χ2v) is 9.10. The van der Waals surface area contributed by atoms with Crippen LogP contribution < -0.4 is 10.6 Å². The zero-order chi connectivity index (χ0) is 25.3. The Morgan fingerprint density at radius 2 is 1.54 bits per heavy atom. The highest BCUT2D eigenvalue weighted by Crippen LogP contribution is 2.36. The average Bonchev–Trinajstić information content (AvgIpc) is 3.03. The van der Waals surface area contributed by atoms with Crippen LogP contribution in [0.15, 0.2) is 53.2 Å². The van der Waals surface area contributed by atoms with E-state index in [9.17, 15) is 27.6 Å². The van der Waals surface area contributed by atoms with Gasteiger partial charge in [0.1, 0.15) is 10.7 Å². The first kappa shape index (κ1) is 25.1. The lowest BCUT2D eigenvalue weighted by Gasteiger charge is -2.29. The van der Waals surface area contributed by atoms with Crippen molar-refractivity contribution in [3.63, 3.8) is 0 Å². The predicted octanol–water partition coefficient (Wildman–Crippen LogP) is 6.17. The summed E-state index contributed by atoms with van der Waals surface area (Å²) in [7, 11) is 0. The van der Waals surface area contributed by atoms with Crippen LogP contribution in [0.25, 0.3) is 0 Å². The minimum absolute atomic E-state index is 0.0275. The molecule has 0 unspecified atom stereocenters. The van der Waals surface area contributed by atoms with Gasteiger partial charge in [-0.2, -0.15) is 13.2 Å². The van der Waals surface area contributed by atoms with Gasteiger partial charge in [0.25, 0.3) is 17.7 Å². The topological polar surface area (TPSA) is 78.5 Å². The quantitative estimate of drug-likeness (QED) is 0.457. The third-order valence-corrected chi connectivity index (χ3v) is 6.62. The van der Waals surface area contributed by atoms with E-state index in [0.29, 0.717) is 5.69 Å². The van der Waals surface area contributed by atoms with Gasteiger partial charge >= 0.3 is 6.18 Å². The van der Waals surface area contributed by atoms with E-state index >= 15 is 0 Å². The van der Waals surface area contributed by atoms with Crippen LogP contribution in [-0.2, 0) is 15.8 Å². The fraction of sp³-hybridized carbons (Fsp3) is 0.292. The summed E-state index contributed by atoms with van der Waals surface area (Å²) < 4.78 is 39.1. The van der Waals surface area contributed by atoms with Gasteiger partial charge in [-0.15, -0.1) is 0 Å². The first-order valence-corrected chi connectivity index (χ1v) is 11.6. The Kier molecular flexibility index (Phi) is 7.10. The number of amides is 3. The number of carbonyl (C=O) groups is 3. The van der Waals surface area contributed by atoms with Crippen LogP contribution in [0.2, 0.25) is 5.02 Å². The molecule has 2 aromatic rings. The Hall–Kier alpha value is -3.04. The molecule has 4 rings (SSSR count). The molecule has 0 saturated heterocycles. The smallest absolute Gasteiger partial charge is 0.350 e. The standard InChI is InChI=1S/C24H20Cl2F3N3O3/c25-18-11-10-15(12-17(18)24(27,28)29)31-21(33)13-6-8-14(9-7-13)30-20-19(26)22(34)32(23(20)35)16-4-2-1-3-5-16/h6-12,16,30H,1-5H2,(H,31,33). The largest absolute Gasteiger partial charge is 0.417 e. The number of nitrogens with zero attached hydrogens (tertiary/aromatic N) is 1. The van der Waals surface area contributed by atoms with Gasteiger partial charge in [-0.1, -0.05) is 42.5 Å². The highest BCUT2D eigenvalue weighted by atomic mass is 35.5. The lowest BCUT2D eigenvalue weighted by molar-refractivity contribution is -0.141. The van der Waals surface area contributed by atoms with Crippen molar-refractivity contribution in [3.05, 3.63) is 69.3 Å². The van der Waals surface area contributed by atoms with E-state index in [4.69, 9.17) is 23.2 Å². The maximum absolute atomic E-state index is 13.0. The molecule has 0 bridgehead atoms. The molecule has 0 spiro atoms. The monoisotopic (exact) mass is 525 g/mol. The van der Waals surface area contributed by atoms with Gasteiger partial charge in [0.15, 0.2) is 0 Å². The molecular formula is C24H20Cl2F3N3O3. The summed E-state index contributed by atoms with van der Waals surface area (Å²) in [6.07, 6.45) is -0.209. The number of carbonyl (C=O) groups excluding carboxylic acids is 3. The van der Waals surface area contributed by atoms with Crippen LogP contribution in [-0.4, -0.2) is 28.7 Å². The van der Waals surface area contributed by atoms with E-state index in [2.05, 4.69) is 10.6 Å². The van der Waals surface area contributed by atoms with E-state index in [1.165, 1.54) is 35.2 Å². The van der Waals surface area contributed by atoms with Crippen LogP contribution in [0.4, 0.5) is 24.5 Å². The molecule has 35 heavy (non-hydrogen) atoms. The minimum Gasteiger partial charge on any atom is -0.350 e. The predicted molar refractivity (Wildman–Crippen MR) is 126 cm³/mol. The first-order chi connectivity index (χ1) is 16.6. The maximum atomic E-state index is 13.0. The lowest BCUT2D eigenvalue weighted by atomic mass is 9.94. The summed E-state index contributed by atoms with van der Waals surface area (Å²) in [6, 6.07) is 8.74. The summed E-state index contributed by atoms with van der Waals surface area (Å²) in [6.45, 7) is 0. The molecule has 0 atom stereocenters. The Balaban J connectivity index is 1.44. The number of imide groups is 1. The molecule has 1 heterocycles. The number of hydrogen-bond donors (Lipinski definition) is 2. The highest BCUT2D eigenvalue weighted by Gasteiger charge is 2.42. The van der Waals surface area contributed by atoms with Crippen LogP contribution in [0.1, 0.15) is 48.0 Å². The Labute approximate surface area is 209 Å². The zero-order valence-electron chi connectivity index (χ0n) is 18.2. The molecule has 11 heteroatoms. The van der Waals surface area contributed by atoms with Crippen molar-refractivity contribution in [2.45, 2.75) is 44.3 Å². The Bertz CT molecular complexity index is 1210. The number of benzene rings is 2. The minimum atomic E-state index is -4.66. The fourth-order valence-corrected chi connectivity index (χ4v) is 4.62. The number of alkyl halides is 3. The molecule has 1 fully saturated rings. The summed E-state index contributed by atoms with van der Waals surface area (Å²) in [4.78, 5) is 39.2. The van der Waals surface area contributed by atoms with Gasteiger partial charge < -0.3 is 10.6 Å². The van der Waals surface area contributed by atoms with Gasteiger partial charge in [0.05, 0.1) is 10.6 Å². The number of anilines is 2. The fourth-order valence-electron chi connectivity index (χ4n) is 4.17. The molecule has 2 aromatic carbocycles. The van der Waals surface area contributed by atoms with E-state index in [1.54, 1.807) is 0 Å². The second-order valence-electron chi connectivity index (χ2n) is 8.31. The number of nitrogens with one attached hydrogen (secondary N) is 2. The third kappa shape index (κ3) is 5.31. The molecule has 6 nitrogen and oxygen atoms in total. The molecule has 1 aliphatic carbocycles. The van der Waals surface area contributed by atoms with Gasteiger partial charge in [-0.3, -0.25) is 19.3 Å². The number of halogens is 5. The molecule has 3 amide bonds. The third-order valence-electron chi connectivity index (χ3n) is 5.94. The molecule has 1 saturated carbocycles. The van der Waals surface area contributed by atoms with Crippen molar-refractivity contribution in [2.75, 3.05) is 10.6 Å².